The van der Waals surface area contributed by atoms with Gasteiger partial charge in [0.25, 0.3) is 5.91 Å². The van der Waals surface area contributed by atoms with E-state index in [2.05, 4.69) is 20.7 Å². The number of anilines is 2. The molecular formula is C20H19Cl2N5O2. The second-order valence-electron chi connectivity index (χ2n) is 6.28. The van der Waals surface area contributed by atoms with Crippen LogP contribution in [0, 0.1) is 0 Å². The lowest BCUT2D eigenvalue weighted by Crippen LogP contribution is -2.19. The van der Waals surface area contributed by atoms with Crippen LogP contribution < -0.4 is 10.6 Å². The van der Waals surface area contributed by atoms with Crippen molar-refractivity contribution in [1.82, 2.24) is 14.8 Å². The summed E-state index contributed by atoms with van der Waals surface area (Å²) in [6.07, 6.45) is 4.43. The Morgan fingerprint density at radius 1 is 1.14 bits per heavy atom. The van der Waals surface area contributed by atoms with Crippen molar-refractivity contribution in [3.63, 3.8) is 0 Å². The Balaban J connectivity index is 1.77. The summed E-state index contributed by atoms with van der Waals surface area (Å²) in [6, 6.07) is 10.2. The fourth-order valence-corrected chi connectivity index (χ4v) is 3.21. The van der Waals surface area contributed by atoms with Crippen LogP contribution in [-0.2, 0) is 11.3 Å². The van der Waals surface area contributed by atoms with Crippen molar-refractivity contribution in [2.24, 2.45) is 0 Å². The highest BCUT2D eigenvalue weighted by atomic mass is 35.5. The van der Waals surface area contributed by atoms with Crippen LogP contribution in [-0.4, -0.2) is 26.6 Å². The Kier molecular flexibility index (Phi) is 6.85. The molecule has 3 aromatic rings. The molecule has 0 fully saturated rings. The van der Waals surface area contributed by atoms with Crippen LogP contribution in [0.2, 0.25) is 10.0 Å². The summed E-state index contributed by atoms with van der Waals surface area (Å²) in [4.78, 5) is 29.1. The predicted molar refractivity (Wildman–Crippen MR) is 114 cm³/mol. The molecule has 0 radical (unpaired) electrons. The number of benzene rings is 1. The zero-order chi connectivity index (χ0) is 20.8. The maximum absolute atomic E-state index is 12.8. The Labute approximate surface area is 178 Å². The highest BCUT2D eigenvalue weighted by Gasteiger charge is 2.19. The molecule has 2 amide bonds. The molecule has 7 nitrogen and oxygen atoms in total. The van der Waals surface area contributed by atoms with Crippen LogP contribution in [0.1, 0.15) is 35.8 Å². The monoisotopic (exact) mass is 431 g/mol. The number of carbonyl (C=O) groups is 2. The number of amides is 2. The number of nitrogens with one attached hydrogen (secondary N) is 2. The summed E-state index contributed by atoms with van der Waals surface area (Å²) in [7, 11) is 0. The zero-order valence-electron chi connectivity index (χ0n) is 15.7. The van der Waals surface area contributed by atoms with E-state index >= 15 is 0 Å². The highest BCUT2D eigenvalue weighted by molar-refractivity contribution is 6.38. The van der Waals surface area contributed by atoms with E-state index in [1.165, 1.54) is 12.1 Å². The van der Waals surface area contributed by atoms with Crippen LogP contribution in [0.3, 0.4) is 0 Å². The quantitative estimate of drug-likeness (QED) is 0.570. The van der Waals surface area contributed by atoms with E-state index in [4.69, 9.17) is 23.2 Å². The molecule has 0 unspecified atom stereocenters. The van der Waals surface area contributed by atoms with E-state index < -0.39 is 5.91 Å². The van der Waals surface area contributed by atoms with Crippen molar-refractivity contribution >= 4 is 46.5 Å². The van der Waals surface area contributed by atoms with Crippen molar-refractivity contribution in [3.05, 3.63) is 70.1 Å². The van der Waals surface area contributed by atoms with Gasteiger partial charge in [-0.3, -0.25) is 19.3 Å². The molecule has 9 heteroatoms. The molecule has 29 heavy (non-hydrogen) atoms. The maximum Gasteiger partial charge on any atom is 0.259 e. The first-order valence-corrected chi connectivity index (χ1v) is 9.75. The highest BCUT2D eigenvalue weighted by Crippen LogP contribution is 2.31. The molecule has 2 heterocycles. The van der Waals surface area contributed by atoms with Crippen LogP contribution in [0.5, 0.6) is 0 Å². The summed E-state index contributed by atoms with van der Waals surface area (Å²) in [5.41, 5.74) is 1.22. The fourth-order valence-electron chi connectivity index (χ4n) is 2.67. The molecule has 0 saturated carbocycles. The normalized spacial score (nSPS) is 10.6. The Morgan fingerprint density at radius 2 is 1.97 bits per heavy atom. The van der Waals surface area contributed by atoms with E-state index in [9.17, 15) is 9.59 Å². The lowest BCUT2D eigenvalue weighted by molar-refractivity contribution is -0.116. The van der Waals surface area contributed by atoms with Crippen molar-refractivity contribution in [1.29, 1.82) is 0 Å². The molecule has 150 valence electrons. The molecule has 0 aliphatic heterocycles. The van der Waals surface area contributed by atoms with Crippen molar-refractivity contribution in [3.8, 4) is 0 Å². The molecular weight excluding hydrogens is 413 g/mol. The molecule has 3 rings (SSSR count). The van der Waals surface area contributed by atoms with Gasteiger partial charge in [0.05, 0.1) is 28.5 Å². The standard InChI is InChI=1S/C20H19Cl2N5O2/c1-2-5-18(28)25-19-15(10-13(21)11-16(19)22)20(29)24-17-7-9-27(26-17)12-14-6-3-4-8-23-14/h3-4,6-11H,2,5,12H2,1H3,(H,25,28)(H,24,26,29). The smallest absolute Gasteiger partial charge is 0.259 e. The molecule has 0 aliphatic rings. The SMILES string of the molecule is CCCC(=O)Nc1c(Cl)cc(Cl)cc1C(=O)Nc1ccn(Cc2ccccn2)n1. The summed E-state index contributed by atoms with van der Waals surface area (Å²) < 4.78 is 1.66. The van der Waals surface area contributed by atoms with Crippen molar-refractivity contribution in [2.75, 3.05) is 10.6 Å². The molecule has 0 atom stereocenters. The number of nitrogens with zero attached hydrogens (tertiary/aromatic N) is 3. The average Bonchev–Trinajstić information content (AvgIpc) is 3.11. The summed E-state index contributed by atoms with van der Waals surface area (Å²) in [5.74, 6) is -0.359. The largest absolute Gasteiger partial charge is 0.324 e. The molecule has 0 aliphatic carbocycles. The van der Waals surface area contributed by atoms with E-state index in [1.807, 2.05) is 25.1 Å². The second kappa shape index (κ2) is 9.54. The summed E-state index contributed by atoms with van der Waals surface area (Å²) >= 11 is 12.3. The number of hydrogen-bond acceptors (Lipinski definition) is 4. The second-order valence-corrected chi connectivity index (χ2v) is 7.13. The van der Waals surface area contributed by atoms with Crippen LogP contribution in [0.25, 0.3) is 0 Å². The molecule has 0 bridgehead atoms. The van der Waals surface area contributed by atoms with Gasteiger partial charge in [0.2, 0.25) is 5.91 Å². The number of carbonyl (C=O) groups excluding carboxylic acids is 2. The van der Waals surface area contributed by atoms with Gasteiger partial charge in [-0.1, -0.05) is 36.2 Å². The van der Waals surface area contributed by atoms with Gasteiger partial charge in [-0.25, -0.2) is 0 Å². The fraction of sp³-hybridized carbons (Fsp3) is 0.200. The van der Waals surface area contributed by atoms with Crippen molar-refractivity contribution in [2.45, 2.75) is 26.3 Å². The number of hydrogen-bond donors (Lipinski definition) is 2. The molecule has 0 saturated heterocycles. The predicted octanol–water partition coefficient (Wildman–Crippen LogP) is 4.62. The topological polar surface area (TPSA) is 88.9 Å². The third-order valence-electron chi connectivity index (χ3n) is 3.97. The Hall–Kier alpha value is -2.90. The molecule has 2 aromatic heterocycles. The van der Waals surface area contributed by atoms with E-state index in [1.54, 1.807) is 23.1 Å². The van der Waals surface area contributed by atoms with Gasteiger partial charge in [0.15, 0.2) is 5.82 Å². The zero-order valence-corrected chi connectivity index (χ0v) is 17.2. The molecule has 1 aromatic carbocycles. The van der Waals surface area contributed by atoms with Gasteiger partial charge in [-0.05, 0) is 30.7 Å². The Bertz CT molecular complexity index is 1020. The summed E-state index contributed by atoms with van der Waals surface area (Å²) in [6.45, 7) is 2.36. The first-order valence-electron chi connectivity index (χ1n) is 9.00. The third-order valence-corrected chi connectivity index (χ3v) is 4.49. The number of halogens is 2. The van der Waals surface area contributed by atoms with Crippen LogP contribution >= 0.6 is 23.2 Å². The lowest BCUT2D eigenvalue weighted by Gasteiger charge is -2.13. The van der Waals surface area contributed by atoms with Gasteiger partial charge in [0.1, 0.15) is 0 Å². The minimum absolute atomic E-state index is 0.159. The first kappa shape index (κ1) is 20.8. The number of aromatic nitrogens is 3. The van der Waals surface area contributed by atoms with E-state index in [-0.39, 0.29) is 27.2 Å². The van der Waals surface area contributed by atoms with Gasteiger partial charge >= 0.3 is 0 Å². The molecule has 2 N–H and O–H groups in total. The van der Waals surface area contributed by atoms with Gasteiger partial charge in [-0.2, -0.15) is 5.10 Å². The van der Waals surface area contributed by atoms with Gasteiger partial charge in [0, 0.05) is 29.9 Å². The maximum atomic E-state index is 12.8. The lowest BCUT2D eigenvalue weighted by atomic mass is 10.1. The van der Waals surface area contributed by atoms with Crippen molar-refractivity contribution < 1.29 is 9.59 Å². The average molecular weight is 432 g/mol. The van der Waals surface area contributed by atoms with Crippen LogP contribution in [0.4, 0.5) is 11.5 Å². The Morgan fingerprint density at radius 3 is 2.69 bits per heavy atom. The number of pyridine rings is 1. The first-order chi connectivity index (χ1) is 14.0. The van der Waals surface area contributed by atoms with Gasteiger partial charge < -0.3 is 10.6 Å². The van der Waals surface area contributed by atoms with E-state index in [0.717, 1.165) is 5.69 Å². The van der Waals surface area contributed by atoms with Crippen LogP contribution in [0.15, 0.2) is 48.8 Å². The van der Waals surface area contributed by atoms with Gasteiger partial charge in [-0.15, -0.1) is 0 Å². The molecule has 0 spiro atoms. The van der Waals surface area contributed by atoms with E-state index in [0.29, 0.717) is 25.2 Å². The third kappa shape index (κ3) is 5.56. The minimum atomic E-state index is -0.482. The minimum Gasteiger partial charge on any atom is -0.324 e. The summed E-state index contributed by atoms with van der Waals surface area (Å²) in [5, 5.41) is 10.2. The number of rotatable bonds is 7.